The van der Waals surface area contributed by atoms with Gasteiger partial charge in [-0.15, -0.1) is 0 Å². The van der Waals surface area contributed by atoms with Gasteiger partial charge in [-0.2, -0.15) is 0 Å². The van der Waals surface area contributed by atoms with Gasteiger partial charge in [0.15, 0.2) is 0 Å². The third-order valence-corrected chi connectivity index (χ3v) is 4.25. The lowest BCUT2D eigenvalue weighted by atomic mass is 10.0. The molecule has 1 saturated heterocycles. The second-order valence-electron chi connectivity index (χ2n) is 5.70. The highest BCUT2D eigenvalue weighted by Gasteiger charge is 2.46. The third-order valence-electron chi connectivity index (χ3n) is 4.25. The Balaban J connectivity index is 1.64. The fourth-order valence-corrected chi connectivity index (χ4v) is 2.75. The van der Waals surface area contributed by atoms with Crippen molar-refractivity contribution >= 4 is 6.03 Å². The summed E-state index contributed by atoms with van der Waals surface area (Å²) in [6.45, 7) is 1.55. The second-order valence-corrected chi connectivity index (χ2v) is 5.70. The summed E-state index contributed by atoms with van der Waals surface area (Å²) in [5, 5.41) is 3.21. The first-order valence-corrected chi connectivity index (χ1v) is 7.08. The van der Waals surface area contributed by atoms with Gasteiger partial charge in [0, 0.05) is 19.1 Å². The van der Waals surface area contributed by atoms with Crippen molar-refractivity contribution in [3.8, 4) is 0 Å². The van der Waals surface area contributed by atoms with Gasteiger partial charge in [0.05, 0.1) is 5.54 Å². The zero-order valence-corrected chi connectivity index (χ0v) is 11.1. The summed E-state index contributed by atoms with van der Waals surface area (Å²) in [6.07, 6.45) is 3.89. The van der Waals surface area contributed by atoms with E-state index in [1.807, 2.05) is 23.1 Å². The van der Waals surface area contributed by atoms with Crippen LogP contribution in [-0.4, -0.2) is 30.1 Å². The minimum Gasteiger partial charge on any atom is -0.328 e. The van der Waals surface area contributed by atoms with Crippen LogP contribution in [0.1, 0.15) is 31.2 Å². The van der Waals surface area contributed by atoms with Crippen molar-refractivity contribution in [1.29, 1.82) is 0 Å². The van der Waals surface area contributed by atoms with Crippen molar-refractivity contribution in [3.63, 3.8) is 0 Å². The average Bonchev–Trinajstić information content (AvgIpc) is 3.21. The smallest absolute Gasteiger partial charge is 0.318 e. The molecule has 0 spiro atoms. The number of hydrogen-bond donors (Lipinski definition) is 2. The van der Waals surface area contributed by atoms with Crippen molar-refractivity contribution in [2.24, 2.45) is 5.73 Å². The van der Waals surface area contributed by atoms with Gasteiger partial charge >= 0.3 is 6.03 Å². The molecule has 1 aliphatic carbocycles. The van der Waals surface area contributed by atoms with Crippen molar-refractivity contribution in [2.45, 2.75) is 37.3 Å². The normalized spacial score (nSPS) is 22.1. The summed E-state index contributed by atoms with van der Waals surface area (Å²) in [5.41, 5.74) is 6.98. The van der Waals surface area contributed by atoms with Gasteiger partial charge in [-0.05, 0) is 31.2 Å². The van der Waals surface area contributed by atoms with Crippen LogP contribution in [0.25, 0.3) is 0 Å². The number of urea groups is 1. The molecule has 4 nitrogen and oxygen atoms in total. The maximum atomic E-state index is 12.3. The van der Waals surface area contributed by atoms with Gasteiger partial charge < -0.3 is 16.0 Å². The van der Waals surface area contributed by atoms with E-state index in [0.717, 1.165) is 38.8 Å². The molecule has 1 saturated carbocycles. The number of nitrogens with two attached hydrogens (primary N) is 1. The molecule has 3 rings (SSSR count). The summed E-state index contributed by atoms with van der Waals surface area (Å²) in [6, 6.07) is 10.6. The van der Waals surface area contributed by atoms with Crippen LogP contribution in [0.2, 0.25) is 0 Å². The van der Waals surface area contributed by atoms with E-state index in [0.29, 0.717) is 0 Å². The van der Waals surface area contributed by atoms with E-state index in [1.54, 1.807) is 0 Å². The molecule has 1 aromatic carbocycles. The molecule has 4 heteroatoms. The van der Waals surface area contributed by atoms with Crippen molar-refractivity contribution in [1.82, 2.24) is 10.2 Å². The molecule has 0 aromatic heterocycles. The van der Waals surface area contributed by atoms with Crippen LogP contribution >= 0.6 is 0 Å². The zero-order chi connectivity index (χ0) is 13.3. The largest absolute Gasteiger partial charge is 0.328 e. The van der Waals surface area contributed by atoms with E-state index < -0.39 is 0 Å². The van der Waals surface area contributed by atoms with E-state index in [1.165, 1.54) is 5.56 Å². The Morgan fingerprint density at radius 3 is 2.42 bits per heavy atom. The van der Waals surface area contributed by atoms with Crippen LogP contribution in [-0.2, 0) is 5.54 Å². The lowest BCUT2D eigenvalue weighted by Crippen LogP contribution is -2.49. The van der Waals surface area contributed by atoms with Gasteiger partial charge in [0.2, 0.25) is 0 Å². The monoisotopic (exact) mass is 259 g/mol. The van der Waals surface area contributed by atoms with E-state index in [-0.39, 0.29) is 17.6 Å². The maximum Gasteiger partial charge on any atom is 0.318 e. The standard InChI is InChI=1S/C15H21N3O/c16-13-6-10-18(11-7-13)14(19)17-15(8-9-15)12-4-2-1-3-5-12/h1-5,13H,6-11,16H2,(H,17,19). The van der Waals surface area contributed by atoms with E-state index in [9.17, 15) is 4.79 Å². The summed E-state index contributed by atoms with van der Waals surface area (Å²) >= 11 is 0. The molecule has 19 heavy (non-hydrogen) atoms. The maximum absolute atomic E-state index is 12.3. The predicted octanol–water partition coefficient (Wildman–Crippen LogP) is 1.81. The summed E-state index contributed by atoms with van der Waals surface area (Å²) in [7, 11) is 0. The summed E-state index contributed by atoms with van der Waals surface area (Å²) in [5.74, 6) is 0. The van der Waals surface area contributed by atoms with E-state index in [4.69, 9.17) is 5.73 Å². The van der Waals surface area contributed by atoms with Crippen LogP contribution < -0.4 is 11.1 Å². The molecule has 0 atom stereocenters. The Morgan fingerprint density at radius 1 is 1.21 bits per heavy atom. The molecule has 2 fully saturated rings. The first-order chi connectivity index (χ1) is 9.20. The van der Waals surface area contributed by atoms with Crippen molar-refractivity contribution in [2.75, 3.05) is 13.1 Å². The minimum atomic E-state index is -0.113. The number of nitrogens with one attached hydrogen (secondary N) is 1. The number of piperidine rings is 1. The van der Waals surface area contributed by atoms with Gasteiger partial charge in [-0.1, -0.05) is 30.3 Å². The molecule has 0 bridgehead atoms. The molecule has 2 aliphatic rings. The van der Waals surface area contributed by atoms with E-state index in [2.05, 4.69) is 17.4 Å². The SMILES string of the molecule is NC1CCN(C(=O)NC2(c3ccccc3)CC2)CC1. The molecule has 1 heterocycles. The Labute approximate surface area is 114 Å². The quantitative estimate of drug-likeness (QED) is 0.851. The average molecular weight is 259 g/mol. The number of rotatable bonds is 2. The Hall–Kier alpha value is -1.55. The first-order valence-electron chi connectivity index (χ1n) is 7.08. The Bertz CT molecular complexity index is 448. The van der Waals surface area contributed by atoms with Gasteiger partial charge in [0.25, 0.3) is 0 Å². The first kappa shape index (κ1) is 12.5. The second kappa shape index (κ2) is 4.85. The topological polar surface area (TPSA) is 58.4 Å². The minimum absolute atomic E-state index is 0.0632. The predicted molar refractivity (Wildman–Crippen MR) is 74.7 cm³/mol. The summed E-state index contributed by atoms with van der Waals surface area (Å²) < 4.78 is 0. The molecule has 1 aromatic rings. The number of carbonyl (C=O) groups is 1. The molecule has 0 radical (unpaired) electrons. The van der Waals surface area contributed by atoms with Gasteiger partial charge in [-0.3, -0.25) is 0 Å². The van der Waals surface area contributed by atoms with Crippen LogP contribution in [0.5, 0.6) is 0 Å². The fraction of sp³-hybridized carbons (Fsp3) is 0.533. The Morgan fingerprint density at radius 2 is 1.84 bits per heavy atom. The molecule has 2 amide bonds. The van der Waals surface area contributed by atoms with Crippen LogP contribution in [0.15, 0.2) is 30.3 Å². The zero-order valence-electron chi connectivity index (χ0n) is 11.1. The highest BCUT2D eigenvalue weighted by Crippen LogP contribution is 2.45. The lowest BCUT2D eigenvalue weighted by molar-refractivity contribution is 0.176. The third kappa shape index (κ3) is 2.59. The van der Waals surface area contributed by atoms with Crippen molar-refractivity contribution < 1.29 is 4.79 Å². The number of hydrogen-bond acceptors (Lipinski definition) is 2. The van der Waals surface area contributed by atoms with Gasteiger partial charge in [0.1, 0.15) is 0 Å². The Kier molecular flexibility index (Phi) is 3.19. The lowest BCUT2D eigenvalue weighted by Gasteiger charge is -2.32. The highest BCUT2D eigenvalue weighted by molar-refractivity contribution is 5.76. The van der Waals surface area contributed by atoms with Gasteiger partial charge in [-0.25, -0.2) is 4.79 Å². The number of benzene rings is 1. The molecular weight excluding hydrogens is 238 g/mol. The highest BCUT2D eigenvalue weighted by atomic mass is 16.2. The van der Waals surface area contributed by atoms with Crippen LogP contribution in [0, 0.1) is 0 Å². The van der Waals surface area contributed by atoms with Crippen LogP contribution in [0.3, 0.4) is 0 Å². The number of carbonyl (C=O) groups excluding carboxylic acids is 1. The van der Waals surface area contributed by atoms with E-state index >= 15 is 0 Å². The van der Waals surface area contributed by atoms with Crippen molar-refractivity contribution in [3.05, 3.63) is 35.9 Å². The van der Waals surface area contributed by atoms with Crippen LogP contribution in [0.4, 0.5) is 4.79 Å². The molecule has 3 N–H and O–H groups in total. The number of likely N-dealkylation sites (tertiary alicyclic amines) is 1. The molecule has 1 aliphatic heterocycles. The molecule has 102 valence electrons. The number of amides is 2. The summed E-state index contributed by atoms with van der Waals surface area (Å²) in [4.78, 5) is 14.2. The molecule has 0 unspecified atom stereocenters. The fourth-order valence-electron chi connectivity index (χ4n) is 2.75. The number of nitrogens with zero attached hydrogens (tertiary/aromatic N) is 1. The molecular formula is C15H21N3O.